The van der Waals surface area contributed by atoms with Crippen molar-refractivity contribution in [3.05, 3.63) is 45.8 Å². The summed E-state index contributed by atoms with van der Waals surface area (Å²) in [7, 11) is -2.55. The maximum atomic E-state index is 13.6. The third-order valence-electron chi connectivity index (χ3n) is 8.53. The first kappa shape index (κ1) is 29.7. The summed E-state index contributed by atoms with van der Waals surface area (Å²) < 4.78 is 33.5. The molecule has 2 aromatic rings. The first-order valence-electron chi connectivity index (χ1n) is 13.9. The number of hydrogen-bond donors (Lipinski definition) is 2. The van der Waals surface area contributed by atoms with Crippen molar-refractivity contribution in [2.45, 2.75) is 70.9 Å². The van der Waals surface area contributed by atoms with Crippen LogP contribution in [0.15, 0.2) is 29.2 Å². The number of anilines is 1. The number of sulfonamides is 1. The molecule has 0 radical (unpaired) electrons. The second-order valence-electron chi connectivity index (χ2n) is 12.5. The summed E-state index contributed by atoms with van der Waals surface area (Å²) in [6.07, 6.45) is 2.41. The third-order valence-corrected chi connectivity index (χ3v) is 11.6. The Kier molecular flexibility index (Phi) is 7.82. The van der Waals surface area contributed by atoms with Gasteiger partial charge in [0.2, 0.25) is 10.0 Å². The minimum atomic E-state index is -3.72. The summed E-state index contributed by atoms with van der Waals surface area (Å²) in [5.41, 5.74) is 1.39. The molecule has 0 spiro atoms. The van der Waals surface area contributed by atoms with Crippen molar-refractivity contribution < 1.29 is 27.5 Å². The minimum Gasteiger partial charge on any atom is -0.453 e. The third kappa shape index (κ3) is 5.79. The zero-order chi connectivity index (χ0) is 29.7. The molecular formula is C29H38N4O6S2. The van der Waals surface area contributed by atoms with Crippen LogP contribution in [-0.2, 0) is 27.7 Å². The van der Waals surface area contributed by atoms with Crippen molar-refractivity contribution >= 4 is 44.3 Å². The Morgan fingerprint density at radius 1 is 1.10 bits per heavy atom. The van der Waals surface area contributed by atoms with Crippen molar-refractivity contribution in [3.8, 4) is 0 Å². The lowest BCUT2D eigenvalue weighted by Crippen LogP contribution is -2.37. The molecule has 12 heteroatoms. The molecule has 3 aliphatic rings. The molecule has 5 rings (SSSR count). The van der Waals surface area contributed by atoms with Gasteiger partial charge in [0.05, 0.1) is 17.6 Å². The van der Waals surface area contributed by atoms with E-state index in [4.69, 9.17) is 0 Å². The SMILES string of the molecule is CCN1CCc2c(sc(NC(=O)c3ccc(S(=O)(=O)N4CC5(C)CC4CC(C)(C)C5)cc3)c2C(=O)NC(=O)OC)C1. The van der Waals surface area contributed by atoms with Gasteiger partial charge in [-0.15, -0.1) is 11.3 Å². The highest BCUT2D eigenvalue weighted by atomic mass is 32.2. The van der Waals surface area contributed by atoms with Crippen molar-refractivity contribution in [1.29, 1.82) is 0 Å². The van der Waals surface area contributed by atoms with E-state index in [0.29, 0.717) is 24.5 Å². The number of thiophene rings is 1. The largest absolute Gasteiger partial charge is 0.453 e. The summed E-state index contributed by atoms with van der Waals surface area (Å²) in [5.74, 6) is -1.11. The number of benzene rings is 1. The Morgan fingerprint density at radius 2 is 1.80 bits per heavy atom. The molecule has 1 saturated carbocycles. The fourth-order valence-electron chi connectivity index (χ4n) is 7.04. The number of likely N-dealkylation sites (N-methyl/N-ethyl adjacent to an activating group) is 1. The van der Waals surface area contributed by atoms with Gasteiger partial charge < -0.3 is 10.1 Å². The molecule has 1 saturated heterocycles. The second-order valence-corrected chi connectivity index (χ2v) is 15.5. The van der Waals surface area contributed by atoms with Gasteiger partial charge in [0.25, 0.3) is 11.8 Å². The van der Waals surface area contributed by atoms with Gasteiger partial charge in [0.15, 0.2) is 0 Å². The van der Waals surface area contributed by atoms with Crippen molar-refractivity contribution in [2.24, 2.45) is 10.8 Å². The molecule has 2 bridgehead atoms. The van der Waals surface area contributed by atoms with Crippen molar-refractivity contribution in [2.75, 3.05) is 32.1 Å². The number of carbonyl (C=O) groups excluding carboxylic acids is 3. The lowest BCUT2D eigenvalue weighted by molar-refractivity contribution is 0.0936. The monoisotopic (exact) mass is 602 g/mol. The molecule has 1 aromatic carbocycles. The van der Waals surface area contributed by atoms with Crippen LogP contribution >= 0.6 is 11.3 Å². The van der Waals surface area contributed by atoms with Gasteiger partial charge in [-0.1, -0.05) is 27.7 Å². The molecule has 1 aliphatic carbocycles. The molecule has 3 heterocycles. The van der Waals surface area contributed by atoms with Gasteiger partial charge in [-0.25, -0.2) is 13.2 Å². The first-order valence-corrected chi connectivity index (χ1v) is 16.2. The van der Waals surface area contributed by atoms with Crippen LogP contribution in [0.4, 0.5) is 9.80 Å². The predicted octanol–water partition coefficient (Wildman–Crippen LogP) is 4.46. The van der Waals surface area contributed by atoms with Gasteiger partial charge in [0, 0.05) is 36.1 Å². The van der Waals surface area contributed by atoms with Crippen LogP contribution in [0, 0.1) is 10.8 Å². The average Bonchev–Trinajstić information content (AvgIpc) is 3.40. The maximum Gasteiger partial charge on any atom is 0.413 e. The van der Waals surface area contributed by atoms with E-state index in [1.807, 2.05) is 0 Å². The molecule has 2 fully saturated rings. The molecule has 10 nitrogen and oxygen atoms in total. The molecular weight excluding hydrogens is 564 g/mol. The molecule has 2 atom stereocenters. The van der Waals surface area contributed by atoms with E-state index >= 15 is 0 Å². The zero-order valence-electron chi connectivity index (χ0n) is 24.2. The standard InChI is InChI=1S/C29H38N4O6S2/c1-6-32-12-11-21-22(15-32)40-26(23(21)25(35)31-27(36)39-5)30-24(34)18-7-9-20(10-8-18)41(37,38)33-17-29(4)14-19(33)13-28(2,3)16-29/h7-10,19H,6,11-17H2,1-5H3,(H,30,34)(H,31,35,36). The van der Waals surface area contributed by atoms with E-state index in [2.05, 4.69) is 48.0 Å². The number of nitrogens with zero attached hydrogens (tertiary/aromatic N) is 2. The first-order chi connectivity index (χ1) is 19.2. The van der Waals surface area contributed by atoms with Crippen LogP contribution in [0.3, 0.4) is 0 Å². The fourth-order valence-corrected chi connectivity index (χ4v) is 10.1. The Bertz CT molecular complexity index is 1480. The number of ether oxygens (including phenoxy) is 1. The lowest BCUT2D eigenvalue weighted by atomic mass is 9.65. The van der Waals surface area contributed by atoms with E-state index in [-0.39, 0.29) is 32.9 Å². The number of imide groups is 1. The second kappa shape index (κ2) is 10.8. The number of nitrogens with one attached hydrogen (secondary N) is 2. The smallest absolute Gasteiger partial charge is 0.413 e. The van der Waals surface area contributed by atoms with Gasteiger partial charge >= 0.3 is 6.09 Å². The number of methoxy groups -OCH3 is 1. The van der Waals surface area contributed by atoms with Crippen molar-refractivity contribution in [3.63, 3.8) is 0 Å². The van der Waals surface area contributed by atoms with Crippen LogP contribution < -0.4 is 10.6 Å². The van der Waals surface area contributed by atoms with Gasteiger partial charge in [-0.2, -0.15) is 4.31 Å². The van der Waals surface area contributed by atoms with E-state index < -0.39 is 27.9 Å². The van der Waals surface area contributed by atoms with Gasteiger partial charge in [0.1, 0.15) is 5.00 Å². The summed E-state index contributed by atoms with van der Waals surface area (Å²) in [5, 5.41) is 5.38. The summed E-state index contributed by atoms with van der Waals surface area (Å²) in [6.45, 7) is 11.4. The van der Waals surface area contributed by atoms with Gasteiger partial charge in [-0.3, -0.25) is 19.8 Å². The van der Waals surface area contributed by atoms with Crippen LogP contribution in [0.1, 0.15) is 78.1 Å². The highest BCUT2D eigenvalue weighted by Crippen LogP contribution is 2.53. The molecule has 2 N–H and O–H groups in total. The molecule has 2 aliphatic heterocycles. The normalized spacial score (nSPS) is 24.0. The zero-order valence-corrected chi connectivity index (χ0v) is 25.8. The number of alkyl carbamates (subject to hydrolysis) is 1. The fraction of sp³-hybridized carbons (Fsp3) is 0.552. The van der Waals surface area contributed by atoms with E-state index in [9.17, 15) is 22.8 Å². The molecule has 222 valence electrons. The number of carbonyl (C=O) groups is 3. The molecule has 3 amide bonds. The Labute approximate surface area is 245 Å². The summed E-state index contributed by atoms with van der Waals surface area (Å²) >= 11 is 1.31. The molecule has 41 heavy (non-hydrogen) atoms. The van der Waals surface area contributed by atoms with Crippen LogP contribution in [0.2, 0.25) is 0 Å². The lowest BCUT2D eigenvalue weighted by Gasteiger charge is -2.39. The molecule has 2 unspecified atom stereocenters. The Balaban J connectivity index is 1.37. The van der Waals surface area contributed by atoms with Gasteiger partial charge in [-0.05, 0) is 72.9 Å². The maximum absolute atomic E-state index is 13.6. The quantitative estimate of drug-likeness (QED) is 0.500. The number of hydrogen-bond acceptors (Lipinski definition) is 8. The highest BCUT2D eigenvalue weighted by molar-refractivity contribution is 7.89. The number of rotatable bonds is 6. The van der Waals surface area contributed by atoms with E-state index in [1.54, 1.807) is 4.31 Å². The molecule has 1 aromatic heterocycles. The van der Waals surface area contributed by atoms with E-state index in [1.165, 1.54) is 42.7 Å². The summed E-state index contributed by atoms with van der Waals surface area (Å²) in [4.78, 5) is 41.4. The van der Waals surface area contributed by atoms with Crippen molar-refractivity contribution in [1.82, 2.24) is 14.5 Å². The Hall–Kier alpha value is -2.80. The summed E-state index contributed by atoms with van der Waals surface area (Å²) in [6, 6.07) is 5.92. The van der Waals surface area contributed by atoms with Crippen LogP contribution in [-0.4, -0.2) is 68.3 Å². The van der Waals surface area contributed by atoms with E-state index in [0.717, 1.165) is 42.8 Å². The predicted molar refractivity (Wildman–Crippen MR) is 157 cm³/mol. The van der Waals surface area contributed by atoms with Crippen LogP contribution in [0.25, 0.3) is 0 Å². The van der Waals surface area contributed by atoms with Crippen LogP contribution in [0.5, 0.6) is 0 Å². The minimum absolute atomic E-state index is 0.0280. The topological polar surface area (TPSA) is 125 Å². The Morgan fingerprint density at radius 3 is 2.46 bits per heavy atom. The number of amides is 3. The average molecular weight is 603 g/mol. The number of fused-ring (bicyclic) bond motifs is 3. The highest BCUT2D eigenvalue weighted by Gasteiger charge is 2.53.